The average molecular weight is 255 g/mol. The van der Waals surface area contributed by atoms with Gasteiger partial charge in [0, 0.05) is 24.1 Å². The number of rotatable bonds is 2. The monoisotopic (exact) mass is 255 g/mol. The highest BCUT2D eigenvalue weighted by Crippen LogP contribution is 2.30. The van der Waals surface area contributed by atoms with Crippen molar-refractivity contribution in [2.24, 2.45) is 7.05 Å². The number of halogens is 1. The zero-order valence-corrected chi connectivity index (χ0v) is 10.5. The Labute approximate surface area is 110 Å². The summed E-state index contributed by atoms with van der Waals surface area (Å²) < 4.78 is 15.5. The standard InChI is InChI=1S/C15H14FN3/c1-19-9-13(10-5-2-3-8-14(10)19)18-12-7-4-6-11(16)15(12)17/h2-9,18H,17H2,1H3. The van der Waals surface area contributed by atoms with Crippen LogP contribution in [0.2, 0.25) is 0 Å². The summed E-state index contributed by atoms with van der Waals surface area (Å²) in [4.78, 5) is 0. The van der Waals surface area contributed by atoms with E-state index < -0.39 is 5.82 Å². The Bertz CT molecular complexity index is 746. The molecule has 0 fully saturated rings. The second-order valence-corrected chi connectivity index (χ2v) is 4.50. The van der Waals surface area contributed by atoms with Crippen molar-refractivity contribution < 1.29 is 4.39 Å². The van der Waals surface area contributed by atoms with Crippen molar-refractivity contribution >= 4 is 28.0 Å². The molecule has 0 aliphatic heterocycles. The third-order valence-corrected chi connectivity index (χ3v) is 3.22. The number of hydrogen-bond acceptors (Lipinski definition) is 2. The molecule has 0 radical (unpaired) electrons. The van der Waals surface area contributed by atoms with Crippen LogP contribution < -0.4 is 11.1 Å². The van der Waals surface area contributed by atoms with Crippen LogP contribution in [0.5, 0.6) is 0 Å². The minimum atomic E-state index is -0.412. The van der Waals surface area contributed by atoms with E-state index in [9.17, 15) is 4.39 Å². The van der Waals surface area contributed by atoms with Gasteiger partial charge in [0.25, 0.3) is 0 Å². The van der Waals surface area contributed by atoms with Gasteiger partial charge in [-0.25, -0.2) is 4.39 Å². The van der Waals surface area contributed by atoms with E-state index in [1.807, 2.05) is 42.1 Å². The van der Waals surface area contributed by atoms with E-state index in [1.54, 1.807) is 12.1 Å². The van der Waals surface area contributed by atoms with E-state index >= 15 is 0 Å². The van der Waals surface area contributed by atoms with Gasteiger partial charge >= 0.3 is 0 Å². The summed E-state index contributed by atoms with van der Waals surface area (Å²) in [6, 6.07) is 12.8. The number of nitrogens with two attached hydrogens (primary N) is 1. The Hall–Kier alpha value is -2.49. The predicted molar refractivity (Wildman–Crippen MR) is 77.0 cm³/mol. The lowest BCUT2D eigenvalue weighted by Gasteiger charge is -2.08. The predicted octanol–water partition coefficient (Wildman–Crippen LogP) is 3.64. The van der Waals surface area contributed by atoms with E-state index in [-0.39, 0.29) is 5.69 Å². The van der Waals surface area contributed by atoms with Gasteiger partial charge in [-0.1, -0.05) is 24.3 Å². The van der Waals surface area contributed by atoms with E-state index in [2.05, 4.69) is 5.32 Å². The van der Waals surface area contributed by atoms with Crippen LogP contribution in [0, 0.1) is 5.82 Å². The molecule has 0 unspecified atom stereocenters. The van der Waals surface area contributed by atoms with Gasteiger partial charge in [0.2, 0.25) is 0 Å². The highest BCUT2D eigenvalue weighted by molar-refractivity contribution is 5.95. The fraction of sp³-hybridized carbons (Fsp3) is 0.0667. The highest BCUT2D eigenvalue weighted by Gasteiger charge is 2.09. The topological polar surface area (TPSA) is 43.0 Å². The van der Waals surface area contributed by atoms with Crippen LogP contribution in [0.4, 0.5) is 21.5 Å². The van der Waals surface area contributed by atoms with Crippen LogP contribution in [0.25, 0.3) is 10.9 Å². The van der Waals surface area contributed by atoms with Crippen LogP contribution in [-0.2, 0) is 7.05 Å². The number of nitrogen functional groups attached to an aromatic ring is 1. The first kappa shape index (κ1) is 11.6. The molecule has 0 spiro atoms. The van der Waals surface area contributed by atoms with E-state index in [0.29, 0.717) is 5.69 Å². The van der Waals surface area contributed by atoms with Gasteiger partial charge < -0.3 is 15.6 Å². The lowest BCUT2D eigenvalue weighted by Crippen LogP contribution is -1.98. The summed E-state index contributed by atoms with van der Waals surface area (Å²) in [7, 11) is 1.97. The second-order valence-electron chi connectivity index (χ2n) is 4.50. The molecule has 0 amide bonds. The Morgan fingerprint density at radius 2 is 1.84 bits per heavy atom. The zero-order valence-electron chi connectivity index (χ0n) is 10.5. The van der Waals surface area contributed by atoms with Crippen molar-refractivity contribution in [2.45, 2.75) is 0 Å². The second kappa shape index (κ2) is 4.31. The molecule has 0 aliphatic rings. The third-order valence-electron chi connectivity index (χ3n) is 3.22. The number of benzene rings is 2. The normalized spacial score (nSPS) is 10.8. The largest absolute Gasteiger partial charge is 0.395 e. The zero-order chi connectivity index (χ0) is 13.4. The first-order valence-electron chi connectivity index (χ1n) is 6.02. The molecule has 1 aromatic heterocycles. The van der Waals surface area contributed by atoms with Crippen molar-refractivity contribution in [1.82, 2.24) is 4.57 Å². The molecule has 0 saturated heterocycles. The fourth-order valence-electron chi connectivity index (χ4n) is 2.23. The van der Waals surface area contributed by atoms with Crippen LogP contribution in [0.3, 0.4) is 0 Å². The van der Waals surface area contributed by atoms with E-state index in [0.717, 1.165) is 16.6 Å². The maximum Gasteiger partial charge on any atom is 0.148 e. The molecular formula is C15H14FN3. The van der Waals surface area contributed by atoms with Gasteiger partial charge in [-0.3, -0.25) is 0 Å². The van der Waals surface area contributed by atoms with Gasteiger partial charge in [-0.2, -0.15) is 0 Å². The highest BCUT2D eigenvalue weighted by atomic mass is 19.1. The maximum atomic E-state index is 13.4. The van der Waals surface area contributed by atoms with Gasteiger partial charge in [-0.05, 0) is 18.2 Å². The molecule has 96 valence electrons. The number of para-hydroxylation sites is 2. The number of anilines is 3. The Balaban J connectivity index is 2.09. The third kappa shape index (κ3) is 1.91. The first-order valence-corrected chi connectivity index (χ1v) is 6.02. The summed E-state index contributed by atoms with van der Waals surface area (Å²) >= 11 is 0. The molecule has 0 atom stereocenters. The summed E-state index contributed by atoms with van der Waals surface area (Å²) in [6.07, 6.45) is 1.97. The molecule has 3 aromatic rings. The quantitative estimate of drug-likeness (QED) is 0.686. The molecule has 2 aromatic carbocycles. The maximum absolute atomic E-state index is 13.4. The van der Waals surface area contributed by atoms with Crippen LogP contribution in [-0.4, -0.2) is 4.57 Å². The lowest BCUT2D eigenvalue weighted by atomic mass is 10.2. The van der Waals surface area contributed by atoms with Gasteiger partial charge in [-0.15, -0.1) is 0 Å². The first-order chi connectivity index (χ1) is 9.16. The smallest absolute Gasteiger partial charge is 0.148 e. The van der Waals surface area contributed by atoms with Crippen molar-refractivity contribution in [3.63, 3.8) is 0 Å². The molecule has 1 heterocycles. The van der Waals surface area contributed by atoms with Crippen LogP contribution in [0.1, 0.15) is 0 Å². The average Bonchev–Trinajstić information content (AvgIpc) is 2.73. The molecule has 0 aliphatic carbocycles. The Kier molecular flexibility index (Phi) is 2.63. The lowest BCUT2D eigenvalue weighted by molar-refractivity contribution is 0.633. The van der Waals surface area contributed by atoms with Gasteiger partial charge in [0.05, 0.1) is 17.1 Å². The number of aromatic nitrogens is 1. The van der Waals surface area contributed by atoms with Crippen molar-refractivity contribution in [3.05, 3.63) is 54.5 Å². The molecule has 3 rings (SSSR count). The minimum Gasteiger partial charge on any atom is -0.395 e. The molecule has 3 N–H and O–H groups in total. The van der Waals surface area contributed by atoms with Gasteiger partial charge in [0.1, 0.15) is 5.82 Å². The molecule has 4 heteroatoms. The molecule has 3 nitrogen and oxygen atoms in total. The Morgan fingerprint density at radius 3 is 2.68 bits per heavy atom. The van der Waals surface area contributed by atoms with E-state index in [4.69, 9.17) is 5.73 Å². The summed E-state index contributed by atoms with van der Waals surface area (Å²) in [5.74, 6) is -0.412. The molecule has 0 saturated carbocycles. The number of aryl methyl sites for hydroxylation is 1. The van der Waals surface area contributed by atoms with Crippen molar-refractivity contribution in [2.75, 3.05) is 11.1 Å². The SMILES string of the molecule is Cn1cc(Nc2cccc(F)c2N)c2ccccc21. The summed E-state index contributed by atoms with van der Waals surface area (Å²) in [5.41, 5.74) is 8.48. The Morgan fingerprint density at radius 1 is 1.05 bits per heavy atom. The van der Waals surface area contributed by atoms with Crippen molar-refractivity contribution in [1.29, 1.82) is 0 Å². The van der Waals surface area contributed by atoms with Gasteiger partial charge in [0.15, 0.2) is 0 Å². The summed E-state index contributed by atoms with van der Waals surface area (Å²) in [6.45, 7) is 0. The number of fused-ring (bicyclic) bond motifs is 1. The minimum absolute atomic E-state index is 0.135. The molecule has 0 bridgehead atoms. The fourth-order valence-corrected chi connectivity index (χ4v) is 2.23. The van der Waals surface area contributed by atoms with Crippen molar-refractivity contribution in [3.8, 4) is 0 Å². The van der Waals surface area contributed by atoms with E-state index in [1.165, 1.54) is 6.07 Å². The van der Waals surface area contributed by atoms with Crippen LogP contribution >= 0.6 is 0 Å². The van der Waals surface area contributed by atoms with Crippen LogP contribution in [0.15, 0.2) is 48.7 Å². The summed E-state index contributed by atoms with van der Waals surface area (Å²) in [5, 5.41) is 4.27. The number of nitrogens with zero attached hydrogens (tertiary/aromatic N) is 1. The number of hydrogen-bond donors (Lipinski definition) is 2. The molecular weight excluding hydrogens is 241 g/mol. The number of nitrogens with one attached hydrogen (secondary N) is 1. The molecule has 19 heavy (non-hydrogen) atoms.